The van der Waals surface area contributed by atoms with E-state index in [1.165, 1.54) is 6.42 Å². The van der Waals surface area contributed by atoms with Gasteiger partial charge in [-0.25, -0.2) is 4.99 Å². The van der Waals surface area contributed by atoms with Crippen LogP contribution in [0.2, 0.25) is 5.02 Å². The summed E-state index contributed by atoms with van der Waals surface area (Å²) in [7, 11) is 0. The maximum Gasteiger partial charge on any atom is 0.249 e. The van der Waals surface area contributed by atoms with Crippen LogP contribution in [0.3, 0.4) is 0 Å². The van der Waals surface area contributed by atoms with Gasteiger partial charge in [0.05, 0.1) is 6.42 Å². The monoisotopic (exact) mass is 348 g/mol. The SMILES string of the molecule is Cc1ccc(NC(=O)[C@@H]2CC(=O)NC(N3CCCCC3)=N2)cc1Cl. The van der Waals surface area contributed by atoms with Crippen LogP contribution in [0.5, 0.6) is 0 Å². The molecule has 0 radical (unpaired) electrons. The number of hydrogen-bond donors (Lipinski definition) is 2. The fourth-order valence-electron chi connectivity index (χ4n) is 2.89. The maximum absolute atomic E-state index is 12.5. The smallest absolute Gasteiger partial charge is 0.249 e. The molecule has 2 N–H and O–H groups in total. The van der Waals surface area contributed by atoms with E-state index >= 15 is 0 Å². The minimum absolute atomic E-state index is 0.0583. The third-order valence-electron chi connectivity index (χ3n) is 4.31. The van der Waals surface area contributed by atoms with Gasteiger partial charge in [0.15, 0.2) is 0 Å². The number of piperidine rings is 1. The van der Waals surface area contributed by atoms with Crippen molar-refractivity contribution in [2.75, 3.05) is 18.4 Å². The van der Waals surface area contributed by atoms with Crippen LogP contribution in [-0.2, 0) is 9.59 Å². The van der Waals surface area contributed by atoms with Crippen molar-refractivity contribution >= 4 is 35.1 Å². The van der Waals surface area contributed by atoms with Crippen molar-refractivity contribution in [3.05, 3.63) is 28.8 Å². The lowest BCUT2D eigenvalue weighted by atomic mass is 10.1. The van der Waals surface area contributed by atoms with E-state index in [1.54, 1.807) is 12.1 Å². The molecule has 1 aromatic rings. The number of guanidine groups is 1. The molecule has 6 nitrogen and oxygen atoms in total. The van der Waals surface area contributed by atoms with Gasteiger partial charge in [0, 0.05) is 23.8 Å². The first-order chi connectivity index (χ1) is 11.5. The number of carbonyl (C=O) groups excluding carboxylic acids is 2. The van der Waals surface area contributed by atoms with E-state index in [2.05, 4.69) is 15.6 Å². The first-order valence-corrected chi connectivity index (χ1v) is 8.60. The van der Waals surface area contributed by atoms with Crippen LogP contribution in [0.15, 0.2) is 23.2 Å². The number of benzene rings is 1. The van der Waals surface area contributed by atoms with Crippen LogP contribution < -0.4 is 10.6 Å². The molecule has 0 spiro atoms. The number of nitrogens with zero attached hydrogens (tertiary/aromatic N) is 2. The molecule has 0 aromatic heterocycles. The summed E-state index contributed by atoms with van der Waals surface area (Å²) in [5, 5.41) is 6.17. The highest BCUT2D eigenvalue weighted by Crippen LogP contribution is 2.21. The number of anilines is 1. The van der Waals surface area contributed by atoms with Crippen molar-refractivity contribution in [3.8, 4) is 0 Å². The van der Waals surface area contributed by atoms with E-state index in [9.17, 15) is 9.59 Å². The van der Waals surface area contributed by atoms with Crippen molar-refractivity contribution in [3.63, 3.8) is 0 Å². The number of carbonyl (C=O) groups is 2. The van der Waals surface area contributed by atoms with Crippen LogP contribution in [0, 0.1) is 6.92 Å². The highest BCUT2D eigenvalue weighted by molar-refractivity contribution is 6.31. The summed E-state index contributed by atoms with van der Waals surface area (Å²) in [6.45, 7) is 3.62. The molecule has 2 heterocycles. The van der Waals surface area contributed by atoms with Crippen molar-refractivity contribution in [2.45, 2.75) is 38.6 Å². The molecule has 0 bridgehead atoms. The van der Waals surface area contributed by atoms with Crippen molar-refractivity contribution < 1.29 is 9.59 Å². The molecule has 2 aliphatic heterocycles. The van der Waals surface area contributed by atoms with Crippen molar-refractivity contribution in [2.24, 2.45) is 4.99 Å². The Balaban J connectivity index is 1.72. The van der Waals surface area contributed by atoms with E-state index in [0.29, 0.717) is 16.7 Å². The third kappa shape index (κ3) is 3.87. The van der Waals surface area contributed by atoms with Gasteiger partial charge in [-0.1, -0.05) is 17.7 Å². The van der Waals surface area contributed by atoms with Crippen LogP contribution in [0.25, 0.3) is 0 Å². The predicted molar refractivity (Wildman–Crippen MR) is 94.2 cm³/mol. The Morgan fingerprint density at radius 2 is 2.08 bits per heavy atom. The van der Waals surface area contributed by atoms with Crippen LogP contribution in [0.4, 0.5) is 5.69 Å². The standard InChI is InChI=1S/C17H21ClN4O2/c1-11-5-6-12(9-13(11)18)19-16(24)14-10-15(23)21-17(20-14)22-7-3-2-4-8-22/h5-6,9,14H,2-4,7-8,10H2,1H3,(H,19,24)(H,20,21,23)/t14-/m0/s1. The first kappa shape index (κ1) is 16.8. The molecule has 1 saturated heterocycles. The number of aliphatic imine (C=N–C) groups is 1. The minimum Gasteiger partial charge on any atom is -0.343 e. The van der Waals surface area contributed by atoms with E-state index < -0.39 is 6.04 Å². The van der Waals surface area contributed by atoms with Gasteiger partial charge >= 0.3 is 0 Å². The Labute approximate surface area is 146 Å². The Kier molecular flexibility index (Phi) is 5.04. The molecule has 0 saturated carbocycles. The summed E-state index contributed by atoms with van der Waals surface area (Å²) in [6.07, 6.45) is 3.40. The molecule has 24 heavy (non-hydrogen) atoms. The summed E-state index contributed by atoms with van der Waals surface area (Å²) in [5.74, 6) is 0.0555. The Morgan fingerprint density at radius 1 is 1.33 bits per heavy atom. The van der Waals surface area contributed by atoms with Crippen LogP contribution >= 0.6 is 11.6 Å². The molecule has 1 atom stereocenters. The number of rotatable bonds is 2. The molecule has 7 heteroatoms. The molecule has 1 aromatic carbocycles. The van der Waals surface area contributed by atoms with Crippen LogP contribution in [-0.4, -0.2) is 41.8 Å². The molecular formula is C17H21ClN4O2. The van der Waals surface area contributed by atoms with Crippen LogP contribution in [0.1, 0.15) is 31.2 Å². The van der Waals surface area contributed by atoms with Gasteiger partial charge in [-0.15, -0.1) is 0 Å². The minimum atomic E-state index is -0.712. The zero-order chi connectivity index (χ0) is 17.1. The number of halogens is 1. The summed E-state index contributed by atoms with van der Waals surface area (Å²) in [4.78, 5) is 30.9. The number of nitrogens with one attached hydrogen (secondary N) is 2. The van der Waals surface area contributed by atoms with Crippen molar-refractivity contribution in [1.29, 1.82) is 0 Å². The number of likely N-dealkylation sites (tertiary alicyclic amines) is 1. The molecule has 2 aliphatic rings. The van der Waals surface area contributed by atoms with Gasteiger partial charge in [-0.2, -0.15) is 0 Å². The predicted octanol–water partition coefficient (Wildman–Crippen LogP) is 2.32. The van der Waals surface area contributed by atoms with Gasteiger partial charge in [-0.3, -0.25) is 14.9 Å². The molecule has 0 unspecified atom stereocenters. The second-order valence-corrected chi connectivity index (χ2v) is 6.63. The quantitative estimate of drug-likeness (QED) is 0.861. The number of hydrogen-bond acceptors (Lipinski definition) is 4. The molecule has 1 fully saturated rings. The second-order valence-electron chi connectivity index (χ2n) is 6.22. The summed E-state index contributed by atoms with van der Waals surface area (Å²) < 4.78 is 0. The highest BCUT2D eigenvalue weighted by atomic mass is 35.5. The fourth-order valence-corrected chi connectivity index (χ4v) is 3.07. The largest absolute Gasteiger partial charge is 0.343 e. The molecule has 3 rings (SSSR count). The van der Waals surface area contributed by atoms with Gasteiger partial charge in [-0.05, 0) is 43.9 Å². The van der Waals surface area contributed by atoms with E-state index in [4.69, 9.17) is 11.6 Å². The molecule has 2 amide bonds. The lowest BCUT2D eigenvalue weighted by Gasteiger charge is -2.32. The average Bonchev–Trinajstić information content (AvgIpc) is 2.58. The van der Waals surface area contributed by atoms with Gasteiger partial charge in [0.2, 0.25) is 17.8 Å². The zero-order valence-corrected chi connectivity index (χ0v) is 14.4. The Hall–Kier alpha value is -2.08. The highest BCUT2D eigenvalue weighted by Gasteiger charge is 2.29. The summed E-state index contributed by atoms with van der Waals surface area (Å²) >= 11 is 6.08. The number of aryl methyl sites for hydroxylation is 1. The molecule has 128 valence electrons. The van der Waals surface area contributed by atoms with Gasteiger partial charge in [0.1, 0.15) is 6.04 Å². The number of amides is 2. The van der Waals surface area contributed by atoms with E-state index in [1.807, 2.05) is 17.9 Å². The second kappa shape index (κ2) is 7.21. The normalized spacial score (nSPS) is 21.1. The fraction of sp³-hybridized carbons (Fsp3) is 0.471. The lowest BCUT2D eigenvalue weighted by molar-refractivity contribution is -0.125. The molecule has 0 aliphatic carbocycles. The first-order valence-electron chi connectivity index (χ1n) is 8.22. The van der Waals surface area contributed by atoms with Crippen molar-refractivity contribution in [1.82, 2.24) is 10.2 Å². The maximum atomic E-state index is 12.5. The lowest BCUT2D eigenvalue weighted by Crippen LogP contribution is -2.51. The topological polar surface area (TPSA) is 73.8 Å². The molecular weight excluding hydrogens is 328 g/mol. The van der Waals surface area contributed by atoms with Gasteiger partial charge < -0.3 is 10.2 Å². The summed E-state index contributed by atoms with van der Waals surface area (Å²) in [6, 6.07) is 4.62. The average molecular weight is 349 g/mol. The van der Waals surface area contributed by atoms with Gasteiger partial charge in [0.25, 0.3) is 0 Å². The Morgan fingerprint density at radius 3 is 2.79 bits per heavy atom. The summed E-state index contributed by atoms with van der Waals surface area (Å²) in [5.41, 5.74) is 1.55. The Bertz CT molecular complexity index is 683. The third-order valence-corrected chi connectivity index (χ3v) is 4.71. The van der Waals surface area contributed by atoms with E-state index in [0.717, 1.165) is 31.5 Å². The van der Waals surface area contributed by atoms with E-state index in [-0.39, 0.29) is 18.2 Å². The zero-order valence-electron chi connectivity index (χ0n) is 13.6.